The summed E-state index contributed by atoms with van der Waals surface area (Å²) in [4.78, 5) is 0. The topological polar surface area (TPSA) is 55.5 Å². The third kappa shape index (κ3) is 3.19. The molecule has 0 saturated heterocycles. The van der Waals surface area contributed by atoms with Crippen LogP contribution in [0.3, 0.4) is 0 Å². The second-order valence-electron chi connectivity index (χ2n) is 5.79. The van der Waals surface area contributed by atoms with Gasteiger partial charge in [0.15, 0.2) is 0 Å². The monoisotopic (exact) mass is 229 g/mol. The molecule has 1 aliphatic carbocycles. The fraction of sp³-hybridized carbons (Fsp3) is 1.00. The molecule has 2 atom stereocenters. The van der Waals surface area contributed by atoms with Gasteiger partial charge in [0, 0.05) is 19.1 Å². The van der Waals surface area contributed by atoms with Gasteiger partial charge in [0.25, 0.3) is 0 Å². The smallest absolute Gasteiger partial charge is 0.0623 e. The molecule has 0 radical (unpaired) electrons. The molecule has 96 valence electrons. The zero-order chi connectivity index (χ0) is 12.2. The first-order valence-electron chi connectivity index (χ1n) is 6.39. The van der Waals surface area contributed by atoms with Crippen molar-refractivity contribution in [2.24, 2.45) is 11.1 Å². The van der Waals surface area contributed by atoms with Crippen LogP contribution >= 0.6 is 0 Å². The van der Waals surface area contributed by atoms with E-state index in [1.807, 2.05) is 0 Å². The van der Waals surface area contributed by atoms with Crippen LogP contribution in [0.1, 0.15) is 52.4 Å². The van der Waals surface area contributed by atoms with E-state index in [-0.39, 0.29) is 17.1 Å². The van der Waals surface area contributed by atoms with E-state index in [0.717, 1.165) is 32.1 Å². The number of nitrogens with two attached hydrogens (primary N) is 1. The van der Waals surface area contributed by atoms with E-state index in [1.54, 1.807) is 7.11 Å². The Hall–Kier alpha value is -0.120. The zero-order valence-electron chi connectivity index (χ0n) is 11.0. The van der Waals surface area contributed by atoms with Crippen molar-refractivity contribution in [2.75, 3.05) is 13.7 Å². The van der Waals surface area contributed by atoms with E-state index in [9.17, 15) is 5.11 Å². The summed E-state index contributed by atoms with van der Waals surface area (Å²) in [7, 11) is 1.74. The molecular weight excluding hydrogens is 202 g/mol. The van der Waals surface area contributed by atoms with Gasteiger partial charge in [-0.05, 0) is 39.5 Å². The zero-order valence-corrected chi connectivity index (χ0v) is 11.0. The van der Waals surface area contributed by atoms with E-state index in [0.29, 0.717) is 6.54 Å². The molecule has 0 spiro atoms. The molecule has 3 N–H and O–H groups in total. The Morgan fingerprint density at radius 2 is 2.12 bits per heavy atom. The van der Waals surface area contributed by atoms with E-state index in [1.165, 1.54) is 6.42 Å². The van der Waals surface area contributed by atoms with E-state index < -0.39 is 0 Å². The summed E-state index contributed by atoms with van der Waals surface area (Å²) >= 11 is 0. The first-order chi connectivity index (χ1) is 7.46. The second-order valence-corrected chi connectivity index (χ2v) is 5.79. The first-order valence-corrected chi connectivity index (χ1v) is 6.39. The molecule has 0 bridgehead atoms. The van der Waals surface area contributed by atoms with Crippen LogP contribution in [0.2, 0.25) is 0 Å². The Morgan fingerprint density at radius 3 is 2.62 bits per heavy atom. The van der Waals surface area contributed by atoms with Gasteiger partial charge in [-0.1, -0.05) is 12.8 Å². The molecule has 1 rings (SSSR count). The summed E-state index contributed by atoms with van der Waals surface area (Å²) in [6.07, 6.45) is 6.00. The summed E-state index contributed by atoms with van der Waals surface area (Å²) in [5, 5.41) is 10.2. The van der Waals surface area contributed by atoms with Crippen LogP contribution < -0.4 is 5.73 Å². The van der Waals surface area contributed by atoms with E-state index in [2.05, 4.69) is 13.8 Å². The van der Waals surface area contributed by atoms with Gasteiger partial charge in [-0.15, -0.1) is 0 Å². The molecule has 0 aliphatic heterocycles. The lowest BCUT2D eigenvalue weighted by atomic mass is 9.68. The largest absolute Gasteiger partial charge is 0.393 e. The third-order valence-corrected chi connectivity index (χ3v) is 4.29. The predicted octanol–water partition coefficient (Wildman–Crippen LogP) is 2.07. The van der Waals surface area contributed by atoms with Gasteiger partial charge in [0.05, 0.1) is 11.7 Å². The molecule has 0 aromatic heterocycles. The van der Waals surface area contributed by atoms with E-state index >= 15 is 0 Å². The van der Waals surface area contributed by atoms with Crippen LogP contribution in [0.4, 0.5) is 0 Å². The van der Waals surface area contributed by atoms with Crippen molar-refractivity contribution in [3.05, 3.63) is 0 Å². The summed E-state index contributed by atoms with van der Waals surface area (Å²) in [5.74, 6) is 0. The molecule has 3 heteroatoms. The molecule has 1 aliphatic rings. The number of hydrogen-bond donors (Lipinski definition) is 2. The van der Waals surface area contributed by atoms with Crippen molar-refractivity contribution < 1.29 is 9.84 Å². The highest BCUT2D eigenvalue weighted by molar-refractivity contribution is 4.92. The molecule has 0 aromatic rings. The predicted molar refractivity (Wildman–Crippen MR) is 66.3 cm³/mol. The number of rotatable bonds is 5. The Balaban J connectivity index is 2.59. The Bertz CT molecular complexity index is 218. The molecule has 16 heavy (non-hydrogen) atoms. The van der Waals surface area contributed by atoms with Crippen molar-refractivity contribution in [3.8, 4) is 0 Å². The van der Waals surface area contributed by atoms with Crippen molar-refractivity contribution >= 4 is 0 Å². The quantitative estimate of drug-likeness (QED) is 0.759. The average Bonchev–Trinajstić information content (AvgIpc) is 2.29. The summed E-state index contributed by atoms with van der Waals surface area (Å²) in [6.45, 7) is 4.77. The van der Waals surface area contributed by atoms with Crippen molar-refractivity contribution in [1.82, 2.24) is 0 Å². The minimum atomic E-state index is -0.223. The molecule has 0 heterocycles. The highest BCUT2D eigenvalue weighted by Gasteiger charge is 2.39. The summed E-state index contributed by atoms with van der Waals surface area (Å²) < 4.78 is 5.43. The third-order valence-electron chi connectivity index (χ3n) is 4.29. The van der Waals surface area contributed by atoms with Crippen LogP contribution in [-0.2, 0) is 4.74 Å². The Labute approximate surface area is 99.4 Å². The van der Waals surface area contributed by atoms with Gasteiger partial charge in [0.2, 0.25) is 0 Å². The van der Waals surface area contributed by atoms with Crippen LogP contribution in [0, 0.1) is 5.41 Å². The SMILES string of the molecule is COC(C)(C)CCC1(CN)CCCCC1O. The van der Waals surface area contributed by atoms with Gasteiger partial charge in [-0.3, -0.25) is 0 Å². The second kappa shape index (κ2) is 5.48. The summed E-state index contributed by atoms with van der Waals surface area (Å²) in [5.41, 5.74) is 5.73. The Kier molecular flexibility index (Phi) is 4.77. The van der Waals surface area contributed by atoms with Crippen LogP contribution in [0.15, 0.2) is 0 Å². The van der Waals surface area contributed by atoms with Crippen molar-refractivity contribution in [3.63, 3.8) is 0 Å². The first kappa shape index (κ1) is 13.9. The minimum Gasteiger partial charge on any atom is -0.393 e. The van der Waals surface area contributed by atoms with Crippen LogP contribution in [0.5, 0.6) is 0 Å². The minimum absolute atomic E-state index is 0.0615. The van der Waals surface area contributed by atoms with Gasteiger partial charge in [0.1, 0.15) is 0 Å². The number of aliphatic hydroxyl groups is 1. The van der Waals surface area contributed by atoms with Crippen LogP contribution in [0.25, 0.3) is 0 Å². The molecular formula is C13H27NO2. The molecule has 0 aromatic carbocycles. The molecule has 3 nitrogen and oxygen atoms in total. The maximum Gasteiger partial charge on any atom is 0.0623 e. The molecule has 0 amide bonds. The lowest BCUT2D eigenvalue weighted by Gasteiger charge is -2.42. The highest BCUT2D eigenvalue weighted by Crippen LogP contribution is 2.41. The standard InChI is InChI=1S/C13H27NO2/c1-12(2,16-3)8-9-13(10-14)7-5-4-6-11(13)15/h11,15H,4-10,14H2,1-3H3. The molecule has 1 saturated carbocycles. The van der Waals surface area contributed by atoms with Crippen molar-refractivity contribution in [1.29, 1.82) is 0 Å². The lowest BCUT2D eigenvalue weighted by molar-refractivity contribution is -0.0416. The average molecular weight is 229 g/mol. The Morgan fingerprint density at radius 1 is 1.44 bits per heavy atom. The van der Waals surface area contributed by atoms with Gasteiger partial charge in [-0.25, -0.2) is 0 Å². The lowest BCUT2D eigenvalue weighted by Crippen LogP contribution is -2.45. The number of ether oxygens (including phenoxy) is 1. The number of aliphatic hydroxyl groups excluding tert-OH is 1. The normalized spacial score (nSPS) is 31.7. The maximum absolute atomic E-state index is 10.2. The molecule has 1 fully saturated rings. The fourth-order valence-electron chi connectivity index (χ4n) is 2.57. The number of hydrogen-bond acceptors (Lipinski definition) is 3. The number of methoxy groups -OCH3 is 1. The van der Waals surface area contributed by atoms with Crippen molar-refractivity contribution in [2.45, 2.75) is 64.1 Å². The maximum atomic E-state index is 10.2. The van der Waals surface area contributed by atoms with Crippen LogP contribution in [-0.4, -0.2) is 30.5 Å². The van der Waals surface area contributed by atoms with Gasteiger partial charge in [-0.2, -0.15) is 0 Å². The van der Waals surface area contributed by atoms with E-state index in [4.69, 9.17) is 10.5 Å². The highest BCUT2D eigenvalue weighted by atomic mass is 16.5. The summed E-state index contributed by atoms with van der Waals surface area (Å²) in [6, 6.07) is 0. The van der Waals surface area contributed by atoms with Gasteiger partial charge >= 0.3 is 0 Å². The van der Waals surface area contributed by atoms with Gasteiger partial charge < -0.3 is 15.6 Å². The fourth-order valence-corrected chi connectivity index (χ4v) is 2.57. The molecule has 2 unspecified atom stereocenters.